The number of hydrogen-bond acceptors (Lipinski definition) is 6. The number of carbonyl (C=O) groups is 1. The molecule has 28 heavy (non-hydrogen) atoms. The van der Waals surface area contributed by atoms with Crippen molar-refractivity contribution in [2.45, 2.75) is 11.4 Å². The first-order valence-corrected chi connectivity index (χ1v) is 8.92. The normalized spacial score (nSPS) is 11.3. The van der Waals surface area contributed by atoms with Gasteiger partial charge in [0.2, 0.25) is 5.91 Å². The number of para-hydroxylation sites is 1. The van der Waals surface area contributed by atoms with Gasteiger partial charge in [-0.15, -0.1) is 10.2 Å². The molecular formula is C18H14F3N3O3S. The van der Waals surface area contributed by atoms with Crippen molar-refractivity contribution in [2.75, 3.05) is 18.2 Å². The number of thioether (sulfide) groups is 1. The number of ether oxygens (including phenoxy) is 1. The minimum atomic E-state index is -4.42. The van der Waals surface area contributed by atoms with Crippen molar-refractivity contribution in [1.29, 1.82) is 0 Å². The number of aromatic nitrogens is 2. The summed E-state index contributed by atoms with van der Waals surface area (Å²) in [5.41, 5.74) is 0.104. The number of benzene rings is 2. The Morgan fingerprint density at radius 3 is 2.54 bits per heavy atom. The Bertz CT molecular complexity index is 958. The van der Waals surface area contributed by atoms with E-state index in [2.05, 4.69) is 15.5 Å². The van der Waals surface area contributed by atoms with Crippen LogP contribution >= 0.6 is 11.8 Å². The number of hydrogen-bond donors (Lipinski definition) is 1. The van der Waals surface area contributed by atoms with E-state index in [9.17, 15) is 18.0 Å². The first-order valence-electron chi connectivity index (χ1n) is 7.93. The van der Waals surface area contributed by atoms with Crippen LogP contribution in [0.1, 0.15) is 5.56 Å². The van der Waals surface area contributed by atoms with Crippen LogP contribution in [0.5, 0.6) is 5.75 Å². The second kappa shape index (κ2) is 8.34. The fourth-order valence-corrected chi connectivity index (χ4v) is 2.83. The van der Waals surface area contributed by atoms with E-state index in [0.717, 1.165) is 23.9 Å². The van der Waals surface area contributed by atoms with Gasteiger partial charge in [0.1, 0.15) is 5.75 Å². The van der Waals surface area contributed by atoms with Gasteiger partial charge in [-0.25, -0.2) is 0 Å². The summed E-state index contributed by atoms with van der Waals surface area (Å²) >= 11 is 1.01. The van der Waals surface area contributed by atoms with Crippen LogP contribution in [0.2, 0.25) is 0 Å². The Kier molecular flexibility index (Phi) is 5.88. The van der Waals surface area contributed by atoms with Gasteiger partial charge in [0, 0.05) is 5.69 Å². The standard InChI is InChI=1S/C18H14F3N3O3S/c1-26-14-5-3-2-4-13(14)16-23-24-17(27-16)28-10-15(25)22-12-8-6-11(7-9-12)18(19,20)21/h2-9H,10H2,1H3,(H,22,25). The predicted octanol–water partition coefficient (Wildman–Crippen LogP) is 4.49. The molecule has 0 fully saturated rings. The Hall–Kier alpha value is -3.01. The van der Waals surface area contributed by atoms with E-state index in [1.165, 1.54) is 19.2 Å². The zero-order valence-corrected chi connectivity index (χ0v) is 15.3. The fourth-order valence-electron chi connectivity index (χ4n) is 2.27. The van der Waals surface area contributed by atoms with Gasteiger partial charge in [-0.2, -0.15) is 13.2 Å². The summed E-state index contributed by atoms with van der Waals surface area (Å²) in [7, 11) is 1.52. The third-order valence-electron chi connectivity index (χ3n) is 3.57. The van der Waals surface area contributed by atoms with Crippen molar-refractivity contribution in [3.05, 3.63) is 54.1 Å². The quantitative estimate of drug-likeness (QED) is 0.605. The number of methoxy groups -OCH3 is 1. The van der Waals surface area contributed by atoms with Gasteiger partial charge in [0.25, 0.3) is 11.1 Å². The van der Waals surface area contributed by atoms with Gasteiger partial charge < -0.3 is 14.5 Å². The van der Waals surface area contributed by atoms with Gasteiger partial charge in [0.05, 0.1) is 24.0 Å². The fraction of sp³-hybridized carbons (Fsp3) is 0.167. The summed E-state index contributed by atoms with van der Waals surface area (Å²) in [5.74, 6) is 0.363. The molecule has 0 radical (unpaired) electrons. The largest absolute Gasteiger partial charge is 0.496 e. The van der Waals surface area contributed by atoms with Crippen LogP contribution in [0.4, 0.5) is 18.9 Å². The van der Waals surface area contributed by atoms with Crippen molar-refractivity contribution in [1.82, 2.24) is 10.2 Å². The SMILES string of the molecule is COc1ccccc1-c1nnc(SCC(=O)Nc2ccc(C(F)(F)F)cc2)o1. The molecule has 0 aliphatic heterocycles. The second-order valence-electron chi connectivity index (χ2n) is 5.49. The van der Waals surface area contributed by atoms with E-state index in [1.54, 1.807) is 24.3 Å². The topological polar surface area (TPSA) is 77.2 Å². The summed E-state index contributed by atoms with van der Waals surface area (Å²) in [5, 5.41) is 10.5. The number of carbonyl (C=O) groups excluding carboxylic acids is 1. The second-order valence-corrected chi connectivity index (χ2v) is 6.41. The van der Waals surface area contributed by atoms with Gasteiger partial charge in [0.15, 0.2) is 0 Å². The summed E-state index contributed by atoms with van der Waals surface area (Å²) in [6.45, 7) is 0. The zero-order valence-electron chi connectivity index (χ0n) is 14.5. The Labute approximate surface area is 162 Å². The molecule has 0 saturated carbocycles. The van der Waals surface area contributed by atoms with E-state index in [4.69, 9.17) is 9.15 Å². The van der Waals surface area contributed by atoms with Crippen molar-refractivity contribution in [3.63, 3.8) is 0 Å². The molecule has 0 spiro atoms. The summed E-state index contributed by atoms with van der Waals surface area (Å²) < 4.78 is 48.4. The molecule has 0 atom stereocenters. The minimum Gasteiger partial charge on any atom is -0.496 e. The van der Waals surface area contributed by atoms with Crippen LogP contribution in [0, 0.1) is 0 Å². The molecular weight excluding hydrogens is 395 g/mol. The Morgan fingerprint density at radius 2 is 1.86 bits per heavy atom. The third kappa shape index (κ3) is 4.83. The van der Waals surface area contributed by atoms with Gasteiger partial charge in [-0.3, -0.25) is 4.79 Å². The molecule has 0 bridgehead atoms. The molecule has 1 amide bonds. The van der Waals surface area contributed by atoms with Crippen LogP contribution in [0.25, 0.3) is 11.5 Å². The minimum absolute atomic E-state index is 0.0470. The highest BCUT2D eigenvalue weighted by Gasteiger charge is 2.30. The van der Waals surface area contributed by atoms with Crippen LogP contribution < -0.4 is 10.1 Å². The number of alkyl halides is 3. The highest BCUT2D eigenvalue weighted by molar-refractivity contribution is 7.99. The van der Waals surface area contributed by atoms with Crippen LogP contribution in [-0.4, -0.2) is 29.0 Å². The lowest BCUT2D eigenvalue weighted by atomic mass is 10.2. The molecule has 1 aromatic heterocycles. The molecule has 2 aromatic carbocycles. The number of halogens is 3. The maximum Gasteiger partial charge on any atom is 0.416 e. The first-order chi connectivity index (χ1) is 13.4. The van der Waals surface area contributed by atoms with Crippen LogP contribution in [0.3, 0.4) is 0 Å². The number of nitrogens with one attached hydrogen (secondary N) is 1. The van der Waals surface area contributed by atoms with E-state index < -0.39 is 17.6 Å². The monoisotopic (exact) mass is 409 g/mol. The molecule has 0 aliphatic carbocycles. The Balaban J connectivity index is 1.57. The lowest BCUT2D eigenvalue weighted by molar-refractivity contribution is -0.137. The highest BCUT2D eigenvalue weighted by atomic mass is 32.2. The van der Waals surface area contributed by atoms with Crippen molar-refractivity contribution in [3.8, 4) is 17.2 Å². The summed E-state index contributed by atoms with van der Waals surface area (Å²) in [6.07, 6.45) is -4.42. The van der Waals surface area contributed by atoms with Gasteiger partial charge >= 0.3 is 6.18 Å². The average Bonchev–Trinajstić information content (AvgIpc) is 3.15. The predicted molar refractivity (Wildman–Crippen MR) is 97.1 cm³/mol. The zero-order chi connectivity index (χ0) is 20.1. The Morgan fingerprint density at radius 1 is 1.14 bits per heavy atom. The molecule has 3 rings (SSSR count). The van der Waals surface area contributed by atoms with E-state index in [1.807, 2.05) is 0 Å². The molecule has 6 nitrogen and oxygen atoms in total. The summed E-state index contributed by atoms with van der Waals surface area (Å²) in [6, 6.07) is 11.3. The molecule has 0 unspecified atom stereocenters. The first kappa shape index (κ1) is 19.7. The lowest BCUT2D eigenvalue weighted by Gasteiger charge is -2.08. The third-order valence-corrected chi connectivity index (χ3v) is 4.39. The van der Waals surface area contributed by atoms with Gasteiger partial charge in [-0.1, -0.05) is 23.9 Å². The van der Waals surface area contributed by atoms with E-state index >= 15 is 0 Å². The molecule has 3 aromatic rings. The molecule has 146 valence electrons. The molecule has 0 aliphatic rings. The number of nitrogens with zero attached hydrogens (tertiary/aromatic N) is 2. The van der Waals surface area contributed by atoms with E-state index in [0.29, 0.717) is 11.3 Å². The molecule has 10 heteroatoms. The maximum absolute atomic E-state index is 12.5. The van der Waals surface area contributed by atoms with Crippen LogP contribution in [-0.2, 0) is 11.0 Å². The maximum atomic E-state index is 12.5. The highest BCUT2D eigenvalue weighted by Crippen LogP contribution is 2.31. The summed E-state index contributed by atoms with van der Waals surface area (Å²) in [4.78, 5) is 12.0. The lowest BCUT2D eigenvalue weighted by Crippen LogP contribution is -2.14. The smallest absolute Gasteiger partial charge is 0.416 e. The van der Waals surface area contributed by atoms with E-state index in [-0.39, 0.29) is 22.6 Å². The molecule has 0 saturated heterocycles. The average molecular weight is 409 g/mol. The van der Waals surface area contributed by atoms with Crippen molar-refractivity contribution in [2.24, 2.45) is 0 Å². The number of anilines is 1. The van der Waals surface area contributed by atoms with Gasteiger partial charge in [-0.05, 0) is 36.4 Å². The molecule has 1 heterocycles. The van der Waals surface area contributed by atoms with Crippen molar-refractivity contribution < 1.29 is 27.1 Å². The number of rotatable bonds is 6. The van der Waals surface area contributed by atoms with Crippen molar-refractivity contribution >= 4 is 23.4 Å². The number of amides is 1. The molecule has 1 N–H and O–H groups in total. The van der Waals surface area contributed by atoms with Crippen LogP contribution in [0.15, 0.2) is 58.2 Å².